The number of allylic oxidation sites excluding steroid dienone is 1. The molecule has 0 fully saturated rings. The van der Waals surface area contributed by atoms with Crippen molar-refractivity contribution >= 4 is 10.1 Å². The average Bonchev–Trinajstić information content (AvgIpc) is 2.33. The molecule has 0 amide bonds. The van der Waals surface area contributed by atoms with Crippen molar-refractivity contribution in [3.8, 4) is 0 Å². The molecular weight excluding hydrogens is 287 g/mol. The van der Waals surface area contributed by atoms with Gasteiger partial charge in [0.05, 0.1) is 21.6 Å². The van der Waals surface area contributed by atoms with E-state index in [4.69, 9.17) is 0 Å². The largest absolute Gasteiger partial charge is 1.00 e. The summed E-state index contributed by atoms with van der Waals surface area (Å²) in [5.41, 5.74) is 0. The smallest absolute Gasteiger partial charge is 0.748 e. The predicted molar refractivity (Wildman–Crippen MR) is 77.1 cm³/mol. The molecule has 0 aliphatic rings. The summed E-state index contributed by atoms with van der Waals surface area (Å²) < 4.78 is 31.0. The first-order valence-electron chi connectivity index (χ1n) is 7.27. The summed E-state index contributed by atoms with van der Waals surface area (Å²) in [4.78, 5) is 0. The van der Waals surface area contributed by atoms with Crippen molar-refractivity contribution in [1.29, 1.82) is 0 Å². The van der Waals surface area contributed by atoms with Gasteiger partial charge in [-0.05, 0) is 12.5 Å². The molecule has 0 aromatic carbocycles. The second kappa shape index (κ2) is 14.4. The fraction of sp³-hybridized carbons (Fsp3) is 0.857. The van der Waals surface area contributed by atoms with E-state index in [2.05, 4.69) is 6.92 Å². The van der Waals surface area contributed by atoms with Gasteiger partial charge < -0.3 is 9.66 Å². The van der Waals surface area contributed by atoms with E-state index in [0.29, 0.717) is 6.42 Å². The van der Waals surface area contributed by atoms with Gasteiger partial charge >= 0.3 is 29.6 Å². The Bertz CT molecular complexity index is 339. The summed E-state index contributed by atoms with van der Waals surface area (Å²) in [6.45, 7) is 2.21. The number of aliphatic hydroxyl groups excluding tert-OH is 1. The summed E-state index contributed by atoms with van der Waals surface area (Å²) in [5.74, 6) is -0.599. The first-order chi connectivity index (χ1) is 8.95. The van der Waals surface area contributed by atoms with Crippen LogP contribution in [0.15, 0.2) is 11.8 Å². The van der Waals surface area contributed by atoms with Gasteiger partial charge in [-0.25, -0.2) is 8.42 Å². The predicted octanol–water partition coefficient (Wildman–Crippen LogP) is 0.898. The van der Waals surface area contributed by atoms with Gasteiger partial charge in [0.15, 0.2) is 0 Å². The van der Waals surface area contributed by atoms with Crippen LogP contribution in [0.4, 0.5) is 0 Å². The van der Waals surface area contributed by atoms with Crippen LogP contribution in [-0.4, -0.2) is 23.8 Å². The van der Waals surface area contributed by atoms with Crippen LogP contribution in [0.3, 0.4) is 0 Å². The summed E-state index contributed by atoms with van der Waals surface area (Å²) in [6, 6.07) is 0. The summed E-state index contributed by atoms with van der Waals surface area (Å²) >= 11 is 0. The van der Waals surface area contributed by atoms with Gasteiger partial charge in [0.2, 0.25) is 0 Å². The molecule has 20 heavy (non-hydrogen) atoms. The van der Waals surface area contributed by atoms with Gasteiger partial charge in [0, 0.05) is 6.42 Å². The zero-order valence-electron chi connectivity index (χ0n) is 12.9. The maximum absolute atomic E-state index is 10.3. The van der Waals surface area contributed by atoms with Crippen molar-refractivity contribution in [1.82, 2.24) is 0 Å². The minimum absolute atomic E-state index is 0. The maximum Gasteiger partial charge on any atom is 1.00 e. The van der Waals surface area contributed by atoms with E-state index in [1.54, 1.807) is 0 Å². The van der Waals surface area contributed by atoms with Crippen LogP contribution in [0.2, 0.25) is 0 Å². The van der Waals surface area contributed by atoms with Crippen LogP contribution in [0.5, 0.6) is 0 Å². The van der Waals surface area contributed by atoms with E-state index in [1.807, 2.05) is 0 Å². The maximum atomic E-state index is 10.3. The van der Waals surface area contributed by atoms with Gasteiger partial charge in [-0.15, -0.1) is 0 Å². The van der Waals surface area contributed by atoms with Crippen LogP contribution >= 0.6 is 0 Å². The molecule has 0 spiro atoms. The third-order valence-electron chi connectivity index (χ3n) is 3.06. The van der Waals surface area contributed by atoms with E-state index < -0.39 is 15.9 Å². The van der Waals surface area contributed by atoms with Crippen molar-refractivity contribution in [2.45, 2.75) is 71.1 Å². The van der Waals surface area contributed by atoms with Crippen molar-refractivity contribution in [3.05, 3.63) is 11.8 Å². The Morgan fingerprint density at radius 1 is 1.00 bits per heavy atom. The van der Waals surface area contributed by atoms with Gasteiger partial charge in [0.25, 0.3) is 0 Å². The van der Waals surface area contributed by atoms with Crippen molar-refractivity contribution < 1.29 is 47.6 Å². The van der Waals surface area contributed by atoms with E-state index in [1.165, 1.54) is 38.5 Å². The van der Waals surface area contributed by atoms with Crippen LogP contribution in [0.25, 0.3) is 0 Å². The number of hydrogen-bond acceptors (Lipinski definition) is 4. The number of hydrogen-bond donors (Lipinski definition) is 1. The molecule has 1 N–H and O–H groups in total. The van der Waals surface area contributed by atoms with E-state index in [0.717, 1.165) is 25.3 Å². The standard InChI is InChI=1S/C14H28O4S.Na/c1-2-3-4-5-6-7-8-9-10-11-14(15)12-13-19(16,17)18;/h12,15H,2-11,13H2,1H3,(H,16,17,18);/q;+1/p-1. The van der Waals surface area contributed by atoms with Gasteiger partial charge in [-0.2, -0.15) is 0 Å². The molecule has 4 nitrogen and oxygen atoms in total. The molecule has 0 unspecified atom stereocenters. The molecule has 0 aromatic heterocycles. The zero-order valence-corrected chi connectivity index (χ0v) is 15.8. The summed E-state index contributed by atoms with van der Waals surface area (Å²) in [5, 5.41) is 9.37. The molecule has 0 aliphatic heterocycles. The first-order valence-corrected chi connectivity index (χ1v) is 8.85. The molecular formula is C14H27NaO4S. The zero-order chi connectivity index (χ0) is 14.6. The Hall–Kier alpha value is 0.450. The third kappa shape index (κ3) is 18.4. The third-order valence-corrected chi connectivity index (χ3v) is 3.63. The van der Waals surface area contributed by atoms with Crippen LogP contribution < -0.4 is 29.6 Å². The second-order valence-corrected chi connectivity index (χ2v) is 6.45. The molecule has 0 atom stereocenters. The van der Waals surface area contributed by atoms with Crippen LogP contribution in [-0.2, 0) is 10.1 Å². The second-order valence-electron chi connectivity index (χ2n) is 5.00. The fourth-order valence-corrected chi connectivity index (χ4v) is 2.31. The molecule has 0 heterocycles. The number of aliphatic hydroxyl groups is 1. The molecule has 0 saturated heterocycles. The van der Waals surface area contributed by atoms with Crippen molar-refractivity contribution in [2.75, 3.05) is 5.75 Å². The number of unbranched alkanes of at least 4 members (excludes halogenated alkanes) is 8. The number of rotatable bonds is 12. The van der Waals surface area contributed by atoms with Crippen LogP contribution in [0.1, 0.15) is 71.1 Å². The Morgan fingerprint density at radius 2 is 1.45 bits per heavy atom. The first kappa shape index (κ1) is 22.7. The molecule has 0 bridgehead atoms. The molecule has 6 heteroatoms. The van der Waals surface area contributed by atoms with Gasteiger partial charge in [-0.3, -0.25) is 0 Å². The van der Waals surface area contributed by atoms with Gasteiger partial charge in [0.1, 0.15) is 0 Å². The summed E-state index contributed by atoms with van der Waals surface area (Å²) in [6.07, 6.45) is 12.3. The normalized spacial score (nSPS) is 12.2. The Balaban J connectivity index is 0. The SMILES string of the molecule is CCCCCCCCCCCC(O)=CCS(=O)(=O)[O-].[Na+]. The minimum Gasteiger partial charge on any atom is -0.748 e. The van der Waals surface area contributed by atoms with E-state index >= 15 is 0 Å². The van der Waals surface area contributed by atoms with Gasteiger partial charge in [-0.1, -0.05) is 58.3 Å². The Labute approximate surface area is 146 Å². The molecule has 0 aliphatic carbocycles. The summed E-state index contributed by atoms with van der Waals surface area (Å²) in [7, 11) is -4.26. The van der Waals surface area contributed by atoms with E-state index in [-0.39, 0.29) is 35.3 Å². The van der Waals surface area contributed by atoms with E-state index in [9.17, 15) is 18.1 Å². The molecule has 0 saturated carbocycles. The topological polar surface area (TPSA) is 77.4 Å². The Kier molecular flexibility index (Phi) is 16.4. The monoisotopic (exact) mass is 314 g/mol. The van der Waals surface area contributed by atoms with Crippen molar-refractivity contribution in [3.63, 3.8) is 0 Å². The Morgan fingerprint density at radius 3 is 1.90 bits per heavy atom. The average molecular weight is 314 g/mol. The minimum atomic E-state index is -4.26. The quantitative estimate of drug-likeness (QED) is 0.251. The van der Waals surface area contributed by atoms with Crippen molar-refractivity contribution in [2.24, 2.45) is 0 Å². The molecule has 0 aromatic rings. The fourth-order valence-electron chi connectivity index (χ4n) is 1.92. The van der Waals surface area contributed by atoms with Crippen LogP contribution in [0, 0.1) is 0 Å². The molecule has 0 rings (SSSR count). The molecule has 0 radical (unpaired) electrons. The molecule has 114 valence electrons.